The minimum Gasteiger partial charge on any atom is -0.466 e. The van der Waals surface area contributed by atoms with Gasteiger partial charge in [0.2, 0.25) is 0 Å². The van der Waals surface area contributed by atoms with E-state index in [0.717, 1.165) is 5.56 Å². The van der Waals surface area contributed by atoms with Crippen LogP contribution in [0.2, 0.25) is 0 Å². The van der Waals surface area contributed by atoms with Crippen LogP contribution in [-0.2, 0) is 19.9 Å². The van der Waals surface area contributed by atoms with Crippen LogP contribution in [0.5, 0.6) is 0 Å². The van der Waals surface area contributed by atoms with E-state index < -0.39 is 5.54 Å². The van der Waals surface area contributed by atoms with Crippen molar-refractivity contribution in [3.8, 4) is 0 Å². The van der Waals surface area contributed by atoms with Gasteiger partial charge in [-0.25, -0.2) is 0 Å². The maximum atomic E-state index is 12.5. The number of hydrogen-bond acceptors (Lipinski definition) is 4. The van der Waals surface area contributed by atoms with Crippen LogP contribution >= 0.6 is 0 Å². The Morgan fingerprint density at radius 2 is 1.95 bits per heavy atom. The molecule has 2 fully saturated rings. The molecule has 2 heterocycles. The average molecular weight is 275 g/mol. The van der Waals surface area contributed by atoms with E-state index in [2.05, 4.69) is 20.8 Å². The van der Waals surface area contributed by atoms with Crippen LogP contribution in [0.4, 0.5) is 0 Å². The predicted molar refractivity (Wildman–Crippen MR) is 74.4 cm³/mol. The summed E-state index contributed by atoms with van der Waals surface area (Å²) in [7, 11) is 0. The van der Waals surface area contributed by atoms with Gasteiger partial charge in [0.15, 0.2) is 6.23 Å². The third-order valence-corrected chi connectivity index (χ3v) is 4.66. The third-order valence-electron chi connectivity index (χ3n) is 4.66. The number of carbonyl (C=O) groups excluding carboxylic acids is 1. The molecular weight excluding hydrogens is 254 g/mol. The second-order valence-electron chi connectivity index (χ2n) is 6.30. The second kappa shape index (κ2) is 4.30. The number of hydrogen-bond donors (Lipinski definition) is 0. The fourth-order valence-electron chi connectivity index (χ4n) is 3.69. The molecule has 4 nitrogen and oxygen atoms in total. The highest BCUT2D eigenvalue weighted by Crippen LogP contribution is 2.63. The lowest BCUT2D eigenvalue weighted by Gasteiger charge is -2.37. The Bertz CT molecular complexity index is 528. The summed E-state index contributed by atoms with van der Waals surface area (Å²) < 4.78 is 5.33. The Labute approximate surface area is 119 Å². The Morgan fingerprint density at radius 3 is 2.55 bits per heavy atom. The van der Waals surface area contributed by atoms with Crippen molar-refractivity contribution in [1.82, 2.24) is 5.06 Å². The Balaban J connectivity index is 2.06. The fraction of sp³-hybridized carbons (Fsp3) is 0.562. The molecule has 0 aromatic heterocycles. The van der Waals surface area contributed by atoms with Gasteiger partial charge in [0.1, 0.15) is 0 Å². The number of benzene rings is 1. The molecule has 108 valence electrons. The standard InChI is InChI=1S/C16H21NO3/c1-5-19-13(18)12-15(2,3)14-17(20-14)16(12,4)11-9-7-6-8-10-11/h6-10,12,14H,5H2,1-4H3/t12-,14-,16+,17?/m0/s1. The van der Waals surface area contributed by atoms with Crippen LogP contribution in [-0.4, -0.2) is 23.9 Å². The molecule has 20 heavy (non-hydrogen) atoms. The lowest BCUT2D eigenvalue weighted by atomic mass is 9.69. The van der Waals surface area contributed by atoms with Crippen molar-refractivity contribution in [2.45, 2.75) is 39.5 Å². The Hall–Kier alpha value is -1.39. The topological polar surface area (TPSA) is 41.8 Å². The van der Waals surface area contributed by atoms with Crippen LogP contribution in [0.25, 0.3) is 0 Å². The first-order valence-corrected chi connectivity index (χ1v) is 7.12. The first-order chi connectivity index (χ1) is 9.44. The highest BCUT2D eigenvalue weighted by Gasteiger charge is 2.73. The smallest absolute Gasteiger partial charge is 0.311 e. The summed E-state index contributed by atoms with van der Waals surface area (Å²) >= 11 is 0. The molecule has 1 aromatic rings. The lowest BCUT2D eigenvalue weighted by molar-refractivity contribution is -0.160. The molecule has 4 heteroatoms. The van der Waals surface area contributed by atoms with Crippen molar-refractivity contribution in [1.29, 1.82) is 0 Å². The van der Waals surface area contributed by atoms with Crippen molar-refractivity contribution < 1.29 is 14.4 Å². The number of ether oxygens (including phenoxy) is 1. The molecule has 0 spiro atoms. The Morgan fingerprint density at radius 1 is 1.30 bits per heavy atom. The minimum absolute atomic E-state index is 0.0119. The van der Waals surface area contributed by atoms with E-state index in [1.165, 1.54) is 0 Å². The van der Waals surface area contributed by atoms with Crippen LogP contribution in [0, 0.1) is 11.3 Å². The monoisotopic (exact) mass is 275 g/mol. The van der Waals surface area contributed by atoms with Gasteiger partial charge in [-0.05, 0) is 19.4 Å². The number of esters is 1. The minimum atomic E-state index is -0.471. The first kappa shape index (κ1) is 13.6. The third kappa shape index (κ3) is 1.64. The van der Waals surface area contributed by atoms with Gasteiger partial charge in [0.25, 0.3) is 0 Å². The van der Waals surface area contributed by atoms with E-state index >= 15 is 0 Å². The predicted octanol–water partition coefficient (Wildman–Crippen LogP) is 2.69. The van der Waals surface area contributed by atoms with E-state index in [1.54, 1.807) is 0 Å². The van der Waals surface area contributed by atoms with Crippen LogP contribution < -0.4 is 0 Å². The van der Waals surface area contributed by atoms with Crippen LogP contribution in [0.3, 0.4) is 0 Å². The van der Waals surface area contributed by atoms with Gasteiger partial charge >= 0.3 is 5.97 Å². The van der Waals surface area contributed by atoms with E-state index in [4.69, 9.17) is 9.57 Å². The average Bonchev–Trinajstić information content (AvgIpc) is 3.18. The van der Waals surface area contributed by atoms with Gasteiger partial charge in [-0.15, -0.1) is 5.06 Å². The number of nitrogens with zero attached hydrogens (tertiary/aromatic N) is 1. The molecule has 0 amide bonds. The van der Waals surface area contributed by atoms with Gasteiger partial charge in [-0.1, -0.05) is 44.2 Å². The fourth-order valence-corrected chi connectivity index (χ4v) is 3.69. The molecule has 0 aliphatic carbocycles. The summed E-state index contributed by atoms with van der Waals surface area (Å²) in [4.78, 5) is 18.2. The molecule has 0 radical (unpaired) electrons. The summed E-state index contributed by atoms with van der Waals surface area (Å²) in [6, 6.07) is 10.1. The number of hydroxylamine groups is 2. The molecule has 0 bridgehead atoms. The SMILES string of the molecule is CCOC(=O)[C@H]1C(C)(C)[C@@H]2ON2[C@]1(C)c1ccccc1. The summed E-state index contributed by atoms with van der Waals surface area (Å²) in [6.07, 6.45) is -0.0119. The van der Waals surface area contributed by atoms with E-state index in [1.807, 2.05) is 42.3 Å². The van der Waals surface area contributed by atoms with Crippen molar-refractivity contribution >= 4 is 5.97 Å². The highest BCUT2D eigenvalue weighted by atomic mass is 16.8. The summed E-state index contributed by atoms with van der Waals surface area (Å²) in [5, 5.41) is 1.95. The van der Waals surface area contributed by atoms with E-state index in [-0.39, 0.29) is 23.5 Å². The number of rotatable bonds is 3. The highest BCUT2D eigenvalue weighted by molar-refractivity contribution is 5.76. The summed E-state index contributed by atoms with van der Waals surface area (Å²) in [5.74, 6) is -0.379. The first-order valence-electron chi connectivity index (χ1n) is 7.12. The molecule has 4 atom stereocenters. The molecule has 2 aliphatic rings. The largest absolute Gasteiger partial charge is 0.466 e. The maximum Gasteiger partial charge on any atom is 0.311 e. The zero-order chi connectivity index (χ0) is 14.5. The van der Waals surface area contributed by atoms with Gasteiger partial charge < -0.3 is 4.74 Å². The van der Waals surface area contributed by atoms with Gasteiger partial charge in [0, 0.05) is 5.41 Å². The summed E-state index contributed by atoms with van der Waals surface area (Å²) in [6.45, 7) is 8.47. The maximum absolute atomic E-state index is 12.5. The van der Waals surface area contributed by atoms with Crippen LogP contribution in [0.1, 0.15) is 33.3 Å². The van der Waals surface area contributed by atoms with E-state index in [0.29, 0.717) is 6.61 Å². The molecule has 1 unspecified atom stereocenters. The van der Waals surface area contributed by atoms with Gasteiger partial charge in [0.05, 0.1) is 18.1 Å². The zero-order valence-corrected chi connectivity index (χ0v) is 12.4. The second-order valence-corrected chi connectivity index (χ2v) is 6.30. The normalized spacial score (nSPS) is 37.3. The molecular formula is C16H21NO3. The quantitative estimate of drug-likeness (QED) is 0.628. The molecule has 2 aliphatic heterocycles. The number of fused-ring (bicyclic) bond motifs is 1. The zero-order valence-electron chi connectivity index (χ0n) is 12.4. The molecule has 0 N–H and O–H groups in total. The number of carbonyl (C=O) groups is 1. The molecule has 1 aromatic carbocycles. The van der Waals surface area contributed by atoms with Crippen molar-refractivity contribution in [2.24, 2.45) is 11.3 Å². The van der Waals surface area contributed by atoms with E-state index in [9.17, 15) is 4.79 Å². The lowest BCUT2D eigenvalue weighted by Crippen LogP contribution is -2.46. The Kier molecular flexibility index (Phi) is 2.92. The molecule has 0 saturated carbocycles. The summed E-state index contributed by atoms with van der Waals surface area (Å²) in [5.41, 5.74) is 0.351. The van der Waals surface area contributed by atoms with Crippen LogP contribution in [0.15, 0.2) is 30.3 Å². The van der Waals surface area contributed by atoms with Crippen molar-refractivity contribution in [3.63, 3.8) is 0 Å². The van der Waals surface area contributed by atoms with Crippen molar-refractivity contribution in [2.75, 3.05) is 6.61 Å². The molecule has 2 saturated heterocycles. The van der Waals surface area contributed by atoms with Gasteiger partial charge in [-0.3, -0.25) is 9.63 Å². The van der Waals surface area contributed by atoms with Crippen molar-refractivity contribution in [3.05, 3.63) is 35.9 Å². The molecule has 3 rings (SSSR count). The van der Waals surface area contributed by atoms with Gasteiger partial charge in [-0.2, -0.15) is 0 Å².